The zero-order valence-corrected chi connectivity index (χ0v) is 17.2. The Labute approximate surface area is 176 Å². The van der Waals surface area contributed by atoms with Gasteiger partial charge >= 0.3 is 6.18 Å². The first-order valence-corrected chi connectivity index (χ1v) is 10.7. The van der Waals surface area contributed by atoms with Crippen LogP contribution in [0.5, 0.6) is 0 Å². The lowest BCUT2D eigenvalue weighted by molar-refractivity contribution is -0.140. The number of halogens is 3. The summed E-state index contributed by atoms with van der Waals surface area (Å²) in [5, 5.41) is 7.05. The van der Waals surface area contributed by atoms with Crippen molar-refractivity contribution in [2.24, 2.45) is 0 Å². The molecule has 0 aliphatic heterocycles. The van der Waals surface area contributed by atoms with Gasteiger partial charge in [-0.3, -0.25) is 4.79 Å². The molecule has 3 aromatic rings. The predicted molar refractivity (Wildman–Crippen MR) is 113 cm³/mol. The van der Waals surface area contributed by atoms with Crippen molar-refractivity contribution in [3.05, 3.63) is 57.9 Å². The summed E-state index contributed by atoms with van der Waals surface area (Å²) in [5.41, 5.74) is -0.118. The van der Waals surface area contributed by atoms with E-state index >= 15 is 0 Å². The van der Waals surface area contributed by atoms with Crippen molar-refractivity contribution in [2.45, 2.75) is 50.9 Å². The highest BCUT2D eigenvalue weighted by atomic mass is 32.1. The van der Waals surface area contributed by atoms with Crippen molar-refractivity contribution in [3.63, 3.8) is 0 Å². The minimum Gasteiger partial charge on any atom is -0.382 e. The van der Waals surface area contributed by atoms with Gasteiger partial charge in [-0.25, -0.2) is 4.98 Å². The minimum absolute atomic E-state index is 0.0500. The fourth-order valence-electron chi connectivity index (χ4n) is 3.86. The van der Waals surface area contributed by atoms with E-state index in [4.69, 9.17) is 0 Å². The van der Waals surface area contributed by atoms with Gasteiger partial charge in [0.2, 0.25) is 0 Å². The number of anilines is 1. The highest BCUT2D eigenvalue weighted by molar-refractivity contribution is 7.13. The van der Waals surface area contributed by atoms with Crippen LogP contribution in [-0.2, 0) is 6.18 Å². The number of aryl methyl sites for hydroxylation is 1. The Morgan fingerprint density at radius 1 is 1.07 bits per heavy atom. The van der Waals surface area contributed by atoms with Crippen molar-refractivity contribution in [2.75, 3.05) is 5.32 Å². The summed E-state index contributed by atoms with van der Waals surface area (Å²) < 4.78 is 39.8. The normalized spacial score (nSPS) is 19.6. The van der Waals surface area contributed by atoms with Gasteiger partial charge in [-0.15, -0.1) is 11.3 Å². The molecular weight excluding hydrogens is 411 g/mol. The SMILES string of the molecule is Cc1ccc(C(=O)NC2CCC(Nc3cc(C(F)(F)F)nc4ccccc34)CC2)s1. The lowest BCUT2D eigenvalue weighted by Gasteiger charge is -2.30. The number of nitrogens with zero attached hydrogens (tertiary/aromatic N) is 1. The number of fused-ring (bicyclic) bond motifs is 1. The molecular formula is C22H22F3N3OS. The molecule has 4 nitrogen and oxygen atoms in total. The third-order valence-corrected chi connectivity index (χ3v) is 6.39. The highest BCUT2D eigenvalue weighted by Gasteiger charge is 2.33. The summed E-state index contributed by atoms with van der Waals surface area (Å²) in [6.45, 7) is 1.96. The first-order valence-electron chi connectivity index (χ1n) is 9.90. The van der Waals surface area contributed by atoms with Crippen LogP contribution >= 0.6 is 11.3 Å². The second kappa shape index (κ2) is 8.26. The number of amides is 1. The third-order valence-electron chi connectivity index (χ3n) is 5.39. The van der Waals surface area contributed by atoms with Crippen molar-refractivity contribution < 1.29 is 18.0 Å². The molecule has 1 aliphatic rings. The van der Waals surface area contributed by atoms with E-state index < -0.39 is 11.9 Å². The van der Waals surface area contributed by atoms with Gasteiger partial charge in [0, 0.05) is 28.0 Å². The fourth-order valence-corrected chi connectivity index (χ4v) is 4.63. The number of carbonyl (C=O) groups is 1. The van der Waals surface area contributed by atoms with Crippen LogP contribution in [0.1, 0.15) is 45.9 Å². The molecule has 1 aromatic carbocycles. The van der Waals surface area contributed by atoms with E-state index in [2.05, 4.69) is 15.6 Å². The predicted octanol–water partition coefficient (Wildman–Crippen LogP) is 5.78. The molecule has 1 saturated carbocycles. The summed E-state index contributed by atoms with van der Waals surface area (Å²) in [7, 11) is 0. The van der Waals surface area contributed by atoms with Gasteiger partial charge in [0.25, 0.3) is 5.91 Å². The summed E-state index contributed by atoms with van der Waals surface area (Å²) in [6.07, 6.45) is -1.40. The number of pyridine rings is 1. The van der Waals surface area contributed by atoms with Crippen LogP contribution in [-0.4, -0.2) is 23.0 Å². The largest absolute Gasteiger partial charge is 0.433 e. The molecule has 2 aromatic heterocycles. The Balaban J connectivity index is 1.42. The molecule has 0 atom stereocenters. The van der Waals surface area contributed by atoms with Gasteiger partial charge in [0.1, 0.15) is 5.69 Å². The van der Waals surface area contributed by atoms with Crippen LogP contribution in [0.3, 0.4) is 0 Å². The Morgan fingerprint density at radius 3 is 2.43 bits per heavy atom. The minimum atomic E-state index is -4.50. The molecule has 0 bridgehead atoms. The molecule has 0 spiro atoms. The number of carbonyl (C=O) groups excluding carboxylic acids is 1. The van der Waals surface area contributed by atoms with Crippen molar-refractivity contribution >= 4 is 33.8 Å². The summed E-state index contributed by atoms with van der Waals surface area (Å²) >= 11 is 1.47. The zero-order chi connectivity index (χ0) is 21.3. The molecule has 8 heteroatoms. The second-order valence-corrected chi connectivity index (χ2v) is 8.93. The standard InChI is InChI=1S/C22H22F3N3OS/c1-13-6-11-19(30-13)21(29)27-15-9-7-14(8-10-15)26-18-12-20(22(23,24)25)28-17-5-3-2-4-16(17)18/h2-6,11-12,14-15H,7-10H2,1H3,(H,26,28)(H,27,29). The van der Waals surface area contributed by atoms with Crippen molar-refractivity contribution in [1.82, 2.24) is 10.3 Å². The Hall–Kier alpha value is -2.61. The summed E-state index contributed by atoms with van der Waals surface area (Å²) in [6, 6.07) is 11.8. The fraction of sp³-hybridized carbons (Fsp3) is 0.364. The number of hydrogen-bond donors (Lipinski definition) is 2. The monoisotopic (exact) mass is 433 g/mol. The molecule has 158 valence electrons. The second-order valence-electron chi connectivity index (χ2n) is 7.65. The van der Waals surface area contributed by atoms with Crippen LogP contribution in [0.25, 0.3) is 10.9 Å². The molecule has 2 N–H and O–H groups in total. The first kappa shape index (κ1) is 20.7. The summed E-state index contributed by atoms with van der Waals surface area (Å²) in [5.74, 6) is -0.0561. The van der Waals surface area contributed by atoms with Crippen LogP contribution < -0.4 is 10.6 Å². The lowest BCUT2D eigenvalue weighted by Crippen LogP contribution is -2.40. The van der Waals surface area contributed by atoms with Gasteiger partial charge in [0.05, 0.1) is 10.4 Å². The highest BCUT2D eigenvalue weighted by Crippen LogP contribution is 2.34. The quantitative estimate of drug-likeness (QED) is 0.549. The van der Waals surface area contributed by atoms with E-state index in [9.17, 15) is 18.0 Å². The number of thiophene rings is 1. The molecule has 0 radical (unpaired) electrons. The van der Waals surface area contributed by atoms with E-state index in [0.29, 0.717) is 21.5 Å². The maximum atomic E-state index is 13.3. The van der Waals surface area contributed by atoms with Gasteiger partial charge in [0.15, 0.2) is 0 Å². The van der Waals surface area contributed by atoms with E-state index in [1.54, 1.807) is 24.3 Å². The number of benzene rings is 1. The maximum absolute atomic E-state index is 13.3. The molecule has 1 fully saturated rings. The average molecular weight is 433 g/mol. The smallest absolute Gasteiger partial charge is 0.382 e. The molecule has 4 rings (SSSR count). The van der Waals surface area contributed by atoms with Crippen LogP contribution in [0.15, 0.2) is 42.5 Å². The molecule has 0 unspecified atom stereocenters. The Kier molecular flexibility index (Phi) is 5.69. The number of hydrogen-bond acceptors (Lipinski definition) is 4. The summed E-state index contributed by atoms with van der Waals surface area (Å²) in [4.78, 5) is 17.9. The van der Waals surface area contributed by atoms with Gasteiger partial charge in [-0.2, -0.15) is 13.2 Å². The van der Waals surface area contributed by atoms with Gasteiger partial charge in [-0.05, 0) is 56.9 Å². The van der Waals surface area contributed by atoms with Crippen molar-refractivity contribution in [3.8, 4) is 0 Å². The van der Waals surface area contributed by atoms with Gasteiger partial charge < -0.3 is 10.6 Å². The van der Waals surface area contributed by atoms with Crippen molar-refractivity contribution in [1.29, 1.82) is 0 Å². The average Bonchev–Trinajstić information content (AvgIpc) is 3.15. The molecule has 1 aliphatic carbocycles. The Morgan fingerprint density at radius 2 is 1.77 bits per heavy atom. The van der Waals surface area contributed by atoms with E-state index in [-0.39, 0.29) is 18.0 Å². The number of para-hydroxylation sites is 1. The van der Waals surface area contributed by atoms with E-state index in [1.165, 1.54) is 11.3 Å². The molecule has 0 saturated heterocycles. The molecule has 30 heavy (non-hydrogen) atoms. The topological polar surface area (TPSA) is 54.0 Å². The van der Waals surface area contributed by atoms with Crippen LogP contribution in [0.2, 0.25) is 0 Å². The van der Waals surface area contributed by atoms with Crippen LogP contribution in [0, 0.1) is 6.92 Å². The zero-order valence-electron chi connectivity index (χ0n) is 16.4. The van der Waals surface area contributed by atoms with Crippen LogP contribution in [0.4, 0.5) is 18.9 Å². The third kappa shape index (κ3) is 4.59. The lowest BCUT2D eigenvalue weighted by atomic mass is 9.90. The Bertz CT molecular complexity index is 1060. The first-order chi connectivity index (χ1) is 14.3. The molecule has 2 heterocycles. The number of alkyl halides is 3. The maximum Gasteiger partial charge on any atom is 0.433 e. The van der Waals surface area contributed by atoms with E-state index in [0.717, 1.165) is 36.6 Å². The molecule has 1 amide bonds. The van der Waals surface area contributed by atoms with E-state index in [1.807, 2.05) is 19.1 Å². The number of nitrogens with one attached hydrogen (secondary N) is 2. The number of aromatic nitrogens is 1. The number of rotatable bonds is 4. The van der Waals surface area contributed by atoms with Gasteiger partial charge in [-0.1, -0.05) is 18.2 Å².